The Morgan fingerprint density at radius 3 is 2.31 bits per heavy atom. The van der Waals surface area contributed by atoms with Gasteiger partial charge in [0, 0.05) is 0 Å². The Morgan fingerprint density at radius 1 is 1.38 bits per heavy atom. The fourth-order valence-corrected chi connectivity index (χ4v) is 1.33. The lowest BCUT2D eigenvalue weighted by Crippen LogP contribution is -2.50. The van der Waals surface area contributed by atoms with Crippen LogP contribution in [-0.2, 0) is 9.59 Å². The summed E-state index contributed by atoms with van der Waals surface area (Å²) in [5.41, 5.74) is 5.71. The van der Waals surface area contributed by atoms with Crippen LogP contribution in [0.2, 0.25) is 0 Å². The SMILES string of the molecule is CCC[C@@H](NC(=O)[C@@H](N)C(C)CC)C(=O)O. The molecule has 3 atom stereocenters. The Bertz CT molecular complexity index is 243. The predicted octanol–water partition coefficient (Wildman–Crippen LogP) is 0.729. The lowest BCUT2D eigenvalue weighted by atomic mass is 9.99. The maximum atomic E-state index is 11.6. The Hall–Kier alpha value is -1.10. The second-order valence-electron chi connectivity index (χ2n) is 4.10. The smallest absolute Gasteiger partial charge is 0.326 e. The van der Waals surface area contributed by atoms with Gasteiger partial charge in [0.05, 0.1) is 6.04 Å². The number of rotatable bonds is 7. The van der Waals surface area contributed by atoms with Gasteiger partial charge in [-0.1, -0.05) is 33.6 Å². The summed E-state index contributed by atoms with van der Waals surface area (Å²) in [5.74, 6) is -1.34. The molecule has 5 nitrogen and oxygen atoms in total. The van der Waals surface area contributed by atoms with Crippen LogP contribution in [0.5, 0.6) is 0 Å². The number of carboxylic acids is 1. The molecule has 0 aliphatic carbocycles. The molecule has 0 spiro atoms. The van der Waals surface area contributed by atoms with Crippen LogP contribution in [0.1, 0.15) is 40.0 Å². The molecule has 0 heterocycles. The zero-order valence-corrected chi connectivity index (χ0v) is 10.2. The molecule has 0 saturated carbocycles. The van der Waals surface area contributed by atoms with Gasteiger partial charge in [-0.2, -0.15) is 0 Å². The molecule has 0 bridgehead atoms. The molecular formula is C11H22N2O3. The average Bonchev–Trinajstić information content (AvgIpc) is 2.25. The van der Waals surface area contributed by atoms with Gasteiger partial charge in [-0.3, -0.25) is 4.79 Å². The lowest BCUT2D eigenvalue weighted by Gasteiger charge is -2.20. The van der Waals surface area contributed by atoms with E-state index in [2.05, 4.69) is 5.32 Å². The van der Waals surface area contributed by atoms with Gasteiger partial charge in [-0.15, -0.1) is 0 Å². The molecule has 0 aromatic rings. The summed E-state index contributed by atoms with van der Waals surface area (Å²) in [6.45, 7) is 5.69. The topological polar surface area (TPSA) is 92.4 Å². The van der Waals surface area contributed by atoms with Crippen LogP contribution in [0.15, 0.2) is 0 Å². The molecule has 0 aliphatic heterocycles. The number of carbonyl (C=O) groups excluding carboxylic acids is 1. The first-order chi connectivity index (χ1) is 7.43. The summed E-state index contributed by atoms with van der Waals surface area (Å²) < 4.78 is 0. The van der Waals surface area contributed by atoms with Crippen molar-refractivity contribution in [1.82, 2.24) is 5.32 Å². The summed E-state index contributed by atoms with van der Waals surface area (Å²) >= 11 is 0. The van der Waals surface area contributed by atoms with Crippen molar-refractivity contribution in [1.29, 1.82) is 0 Å². The standard InChI is InChI=1S/C11H22N2O3/c1-4-6-8(11(15)16)13-10(14)9(12)7(3)5-2/h7-9H,4-6,12H2,1-3H3,(H,13,14)(H,15,16)/t7?,8-,9+/m1/s1. The molecule has 1 unspecified atom stereocenters. The molecule has 0 aromatic heterocycles. The Balaban J connectivity index is 4.34. The zero-order chi connectivity index (χ0) is 12.7. The van der Waals surface area contributed by atoms with E-state index in [0.29, 0.717) is 12.8 Å². The highest BCUT2D eigenvalue weighted by Crippen LogP contribution is 2.06. The molecule has 4 N–H and O–H groups in total. The average molecular weight is 230 g/mol. The fraction of sp³-hybridized carbons (Fsp3) is 0.818. The monoisotopic (exact) mass is 230 g/mol. The second-order valence-corrected chi connectivity index (χ2v) is 4.10. The molecule has 1 amide bonds. The van der Waals surface area contributed by atoms with Crippen LogP contribution < -0.4 is 11.1 Å². The van der Waals surface area contributed by atoms with Crippen molar-refractivity contribution >= 4 is 11.9 Å². The van der Waals surface area contributed by atoms with Crippen LogP contribution in [0.25, 0.3) is 0 Å². The number of hydrogen-bond donors (Lipinski definition) is 3. The maximum absolute atomic E-state index is 11.6. The van der Waals surface area contributed by atoms with Crippen LogP contribution in [-0.4, -0.2) is 29.1 Å². The van der Waals surface area contributed by atoms with E-state index in [1.165, 1.54) is 0 Å². The van der Waals surface area contributed by atoms with Gasteiger partial charge < -0.3 is 16.2 Å². The van der Waals surface area contributed by atoms with Crippen LogP contribution in [0, 0.1) is 5.92 Å². The first-order valence-electron chi connectivity index (χ1n) is 5.72. The first kappa shape index (κ1) is 14.9. The van der Waals surface area contributed by atoms with Gasteiger partial charge >= 0.3 is 5.97 Å². The Morgan fingerprint density at radius 2 is 1.94 bits per heavy atom. The van der Waals surface area contributed by atoms with Crippen molar-refractivity contribution in [2.75, 3.05) is 0 Å². The minimum Gasteiger partial charge on any atom is -0.480 e. The summed E-state index contributed by atoms with van der Waals surface area (Å²) in [6.07, 6.45) is 1.92. The molecule has 0 radical (unpaired) electrons. The van der Waals surface area contributed by atoms with E-state index < -0.39 is 18.1 Å². The first-order valence-corrected chi connectivity index (χ1v) is 5.72. The highest BCUT2D eigenvalue weighted by atomic mass is 16.4. The van der Waals surface area contributed by atoms with Gasteiger partial charge in [0.25, 0.3) is 0 Å². The Labute approximate surface area is 96.4 Å². The summed E-state index contributed by atoms with van der Waals surface area (Å²) in [6, 6.07) is -1.46. The molecular weight excluding hydrogens is 208 g/mol. The van der Waals surface area contributed by atoms with Gasteiger partial charge in [0.1, 0.15) is 6.04 Å². The highest BCUT2D eigenvalue weighted by Gasteiger charge is 2.24. The summed E-state index contributed by atoms with van der Waals surface area (Å²) in [4.78, 5) is 22.5. The number of amides is 1. The molecule has 16 heavy (non-hydrogen) atoms. The number of carboxylic acid groups (broad SMARTS) is 1. The minimum absolute atomic E-state index is 0.0519. The van der Waals surface area contributed by atoms with Crippen molar-refractivity contribution in [2.24, 2.45) is 11.7 Å². The van der Waals surface area contributed by atoms with Crippen molar-refractivity contribution in [3.05, 3.63) is 0 Å². The number of aliphatic carboxylic acids is 1. The van der Waals surface area contributed by atoms with E-state index in [0.717, 1.165) is 6.42 Å². The molecule has 0 aromatic carbocycles. The summed E-state index contributed by atoms with van der Waals surface area (Å²) in [5, 5.41) is 11.3. The molecule has 0 rings (SSSR count). The third kappa shape index (κ3) is 4.61. The van der Waals surface area contributed by atoms with Gasteiger partial charge in [0.2, 0.25) is 5.91 Å². The molecule has 0 saturated heterocycles. The van der Waals surface area contributed by atoms with Crippen LogP contribution in [0.4, 0.5) is 0 Å². The van der Waals surface area contributed by atoms with Crippen molar-refractivity contribution in [3.8, 4) is 0 Å². The predicted molar refractivity (Wildman–Crippen MR) is 61.9 cm³/mol. The van der Waals surface area contributed by atoms with Gasteiger partial charge in [-0.05, 0) is 12.3 Å². The lowest BCUT2D eigenvalue weighted by molar-refractivity contribution is -0.142. The van der Waals surface area contributed by atoms with E-state index in [1.807, 2.05) is 20.8 Å². The van der Waals surface area contributed by atoms with Gasteiger partial charge in [-0.25, -0.2) is 4.79 Å². The second kappa shape index (κ2) is 7.22. The summed E-state index contributed by atoms with van der Waals surface area (Å²) in [7, 11) is 0. The van der Waals surface area contributed by atoms with Crippen molar-refractivity contribution < 1.29 is 14.7 Å². The largest absolute Gasteiger partial charge is 0.480 e. The Kier molecular flexibility index (Phi) is 6.72. The quantitative estimate of drug-likeness (QED) is 0.601. The molecule has 0 fully saturated rings. The molecule has 0 aliphatic rings. The highest BCUT2D eigenvalue weighted by molar-refractivity contribution is 5.86. The van der Waals surface area contributed by atoms with E-state index in [9.17, 15) is 9.59 Å². The number of carbonyl (C=O) groups is 2. The van der Waals surface area contributed by atoms with Crippen molar-refractivity contribution in [2.45, 2.75) is 52.1 Å². The third-order valence-electron chi connectivity index (χ3n) is 2.75. The number of hydrogen-bond acceptors (Lipinski definition) is 3. The van der Waals surface area contributed by atoms with E-state index in [1.54, 1.807) is 0 Å². The number of nitrogens with one attached hydrogen (secondary N) is 1. The van der Waals surface area contributed by atoms with Gasteiger partial charge in [0.15, 0.2) is 0 Å². The molecule has 5 heteroatoms. The van der Waals surface area contributed by atoms with Crippen LogP contribution >= 0.6 is 0 Å². The van der Waals surface area contributed by atoms with Crippen LogP contribution in [0.3, 0.4) is 0 Å². The fourth-order valence-electron chi connectivity index (χ4n) is 1.33. The van der Waals surface area contributed by atoms with E-state index in [4.69, 9.17) is 10.8 Å². The zero-order valence-electron chi connectivity index (χ0n) is 10.2. The normalized spacial score (nSPS) is 16.2. The minimum atomic E-state index is -1.01. The molecule has 94 valence electrons. The number of nitrogens with two attached hydrogens (primary N) is 1. The maximum Gasteiger partial charge on any atom is 0.326 e. The van der Waals surface area contributed by atoms with Crippen molar-refractivity contribution in [3.63, 3.8) is 0 Å². The van der Waals surface area contributed by atoms with E-state index in [-0.39, 0.29) is 11.8 Å². The van der Waals surface area contributed by atoms with E-state index >= 15 is 0 Å². The third-order valence-corrected chi connectivity index (χ3v) is 2.75.